The molecule has 0 amide bonds. The van der Waals surface area contributed by atoms with Gasteiger partial charge in [-0.25, -0.2) is 13.4 Å². The van der Waals surface area contributed by atoms with E-state index in [2.05, 4.69) is 4.98 Å². The lowest BCUT2D eigenvalue weighted by Gasteiger charge is -2.11. The SMILES string of the molecule is COc1cccc(CS(=O)(=O)C(C)CCN)n1. The number of nitrogens with zero attached hydrogens (tertiary/aromatic N) is 1. The number of aromatic nitrogens is 1. The highest BCUT2D eigenvalue weighted by molar-refractivity contribution is 7.91. The Bertz CT molecular complexity index is 460. The summed E-state index contributed by atoms with van der Waals surface area (Å²) >= 11 is 0. The molecule has 0 aliphatic carbocycles. The molecule has 17 heavy (non-hydrogen) atoms. The summed E-state index contributed by atoms with van der Waals surface area (Å²) in [6.07, 6.45) is 0.465. The van der Waals surface area contributed by atoms with Gasteiger partial charge in [-0.1, -0.05) is 6.07 Å². The predicted octanol–water partition coefficient (Wildman–Crippen LogP) is 0.742. The van der Waals surface area contributed by atoms with Crippen molar-refractivity contribution >= 4 is 9.84 Å². The van der Waals surface area contributed by atoms with Crippen LogP contribution in [-0.2, 0) is 15.6 Å². The van der Waals surface area contributed by atoms with Crippen LogP contribution in [0.5, 0.6) is 5.88 Å². The average molecular weight is 258 g/mol. The first-order valence-electron chi connectivity index (χ1n) is 5.41. The molecule has 0 radical (unpaired) electrons. The van der Waals surface area contributed by atoms with Gasteiger partial charge in [-0.3, -0.25) is 0 Å². The quantitative estimate of drug-likeness (QED) is 0.814. The minimum absolute atomic E-state index is 0.0780. The Balaban J connectivity index is 2.82. The van der Waals surface area contributed by atoms with Gasteiger partial charge in [-0.2, -0.15) is 0 Å². The largest absolute Gasteiger partial charge is 0.481 e. The third-order valence-corrected chi connectivity index (χ3v) is 4.69. The second-order valence-electron chi connectivity index (χ2n) is 3.87. The molecule has 0 aliphatic heterocycles. The molecule has 0 aliphatic rings. The number of hydrogen-bond acceptors (Lipinski definition) is 5. The highest BCUT2D eigenvalue weighted by atomic mass is 32.2. The summed E-state index contributed by atoms with van der Waals surface area (Å²) in [4.78, 5) is 4.09. The topological polar surface area (TPSA) is 82.3 Å². The summed E-state index contributed by atoms with van der Waals surface area (Å²) in [7, 11) is -1.70. The molecular weight excluding hydrogens is 240 g/mol. The molecule has 0 saturated carbocycles. The lowest BCUT2D eigenvalue weighted by molar-refractivity contribution is 0.396. The molecule has 0 bridgehead atoms. The van der Waals surface area contributed by atoms with Crippen molar-refractivity contribution in [1.29, 1.82) is 0 Å². The number of hydrogen-bond donors (Lipinski definition) is 1. The fraction of sp³-hybridized carbons (Fsp3) is 0.545. The van der Waals surface area contributed by atoms with Gasteiger partial charge < -0.3 is 10.5 Å². The van der Waals surface area contributed by atoms with Gasteiger partial charge in [-0.05, 0) is 26.0 Å². The molecule has 1 aromatic rings. The molecule has 96 valence electrons. The van der Waals surface area contributed by atoms with E-state index in [9.17, 15) is 8.42 Å². The molecule has 0 saturated heterocycles. The van der Waals surface area contributed by atoms with E-state index < -0.39 is 15.1 Å². The molecule has 1 rings (SSSR count). The Morgan fingerprint density at radius 2 is 2.18 bits per heavy atom. The van der Waals surface area contributed by atoms with E-state index in [0.29, 0.717) is 24.5 Å². The third kappa shape index (κ3) is 3.98. The molecule has 6 heteroatoms. The van der Waals surface area contributed by atoms with Crippen LogP contribution >= 0.6 is 0 Å². The zero-order valence-electron chi connectivity index (χ0n) is 10.1. The van der Waals surface area contributed by atoms with Crippen LogP contribution < -0.4 is 10.5 Å². The lowest BCUT2D eigenvalue weighted by atomic mass is 10.3. The molecule has 0 fully saturated rings. The number of ether oxygens (including phenoxy) is 1. The second-order valence-corrected chi connectivity index (χ2v) is 6.29. The standard InChI is InChI=1S/C11H18N2O3S/c1-9(6-7-12)17(14,15)8-10-4-3-5-11(13-10)16-2/h3-5,9H,6-8,12H2,1-2H3. The monoisotopic (exact) mass is 258 g/mol. The normalized spacial score (nSPS) is 13.4. The van der Waals surface area contributed by atoms with Crippen molar-refractivity contribution in [3.05, 3.63) is 23.9 Å². The molecule has 0 spiro atoms. The van der Waals surface area contributed by atoms with E-state index in [-0.39, 0.29) is 5.75 Å². The Labute approximate surface area is 102 Å². The first-order valence-corrected chi connectivity index (χ1v) is 7.12. The van der Waals surface area contributed by atoms with E-state index >= 15 is 0 Å². The Morgan fingerprint density at radius 3 is 2.76 bits per heavy atom. The van der Waals surface area contributed by atoms with E-state index in [0.717, 1.165) is 0 Å². The molecule has 2 N–H and O–H groups in total. The smallest absolute Gasteiger partial charge is 0.213 e. The molecule has 5 nitrogen and oxygen atoms in total. The molecule has 1 aromatic heterocycles. The van der Waals surface area contributed by atoms with Gasteiger partial charge >= 0.3 is 0 Å². The number of sulfone groups is 1. The van der Waals surface area contributed by atoms with E-state index in [1.165, 1.54) is 7.11 Å². The predicted molar refractivity (Wildman–Crippen MR) is 66.5 cm³/mol. The van der Waals surface area contributed by atoms with Gasteiger partial charge in [0.15, 0.2) is 9.84 Å². The first kappa shape index (κ1) is 13.9. The van der Waals surface area contributed by atoms with Gasteiger partial charge in [0, 0.05) is 6.07 Å². The van der Waals surface area contributed by atoms with Crippen LogP contribution in [0, 0.1) is 0 Å². The minimum atomic E-state index is -3.20. The van der Waals surface area contributed by atoms with Crippen LogP contribution in [0.2, 0.25) is 0 Å². The van der Waals surface area contributed by atoms with Crippen molar-refractivity contribution in [3.63, 3.8) is 0 Å². The number of pyridine rings is 1. The van der Waals surface area contributed by atoms with Crippen LogP contribution in [-0.4, -0.2) is 32.3 Å². The number of rotatable bonds is 6. The maximum absolute atomic E-state index is 12.0. The van der Waals surface area contributed by atoms with Crippen molar-refractivity contribution in [2.24, 2.45) is 5.73 Å². The average Bonchev–Trinajstić information content (AvgIpc) is 2.29. The summed E-state index contributed by atoms with van der Waals surface area (Å²) in [5.41, 5.74) is 5.86. The third-order valence-electron chi connectivity index (χ3n) is 2.53. The Morgan fingerprint density at radius 1 is 1.47 bits per heavy atom. The summed E-state index contributed by atoms with van der Waals surface area (Å²) in [6.45, 7) is 2.04. The zero-order valence-corrected chi connectivity index (χ0v) is 10.9. The summed E-state index contributed by atoms with van der Waals surface area (Å²) < 4.78 is 28.9. The number of nitrogens with two attached hydrogens (primary N) is 1. The van der Waals surface area contributed by atoms with Crippen LogP contribution in [0.4, 0.5) is 0 Å². The van der Waals surface area contributed by atoms with Crippen LogP contribution in [0.25, 0.3) is 0 Å². The summed E-state index contributed by atoms with van der Waals surface area (Å²) in [5.74, 6) is 0.343. The summed E-state index contributed by atoms with van der Waals surface area (Å²) in [5, 5.41) is -0.444. The van der Waals surface area contributed by atoms with E-state index in [4.69, 9.17) is 10.5 Å². The van der Waals surface area contributed by atoms with Gasteiger partial charge in [-0.15, -0.1) is 0 Å². The fourth-order valence-corrected chi connectivity index (χ4v) is 2.77. The van der Waals surface area contributed by atoms with Crippen LogP contribution in [0.15, 0.2) is 18.2 Å². The fourth-order valence-electron chi connectivity index (χ4n) is 1.41. The van der Waals surface area contributed by atoms with Crippen LogP contribution in [0.3, 0.4) is 0 Å². The maximum Gasteiger partial charge on any atom is 0.213 e. The highest BCUT2D eigenvalue weighted by Crippen LogP contribution is 2.14. The number of methoxy groups -OCH3 is 1. The molecule has 1 unspecified atom stereocenters. The Hall–Kier alpha value is -1.14. The van der Waals surface area contributed by atoms with E-state index in [1.54, 1.807) is 25.1 Å². The first-order chi connectivity index (χ1) is 7.99. The van der Waals surface area contributed by atoms with Crippen molar-refractivity contribution in [3.8, 4) is 5.88 Å². The minimum Gasteiger partial charge on any atom is -0.481 e. The lowest BCUT2D eigenvalue weighted by Crippen LogP contribution is -2.23. The second kappa shape index (κ2) is 5.97. The van der Waals surface area contributed by atoms with Gasteiger partial charge in [0.2, 0.25) is 5.88 Å². The summed E-state index contributed by atoms with van der Waals surface area (Å²) in [6, 6.07) is 5.08. The van der Waals surface area contributed by atoms with Gasteiger partial charge in [0.25, 0.3) is 0 Å². The van der Waals surface area contributed by atoms with E-state index in [1.807, 2.05) is 0 Å². The van der Waals surface area contributed by atoms with Crippen molar-refractivity contribution in [2.75, 3.05) is 13.7 Å². The molecular formula is C11H18N2O3S. The molecule has 1 atom stereocenters. The van der Waals surface area contributed by atoms with Crippen molar-refractivity contribution in [2.45, 2.75) is 24.3 Å². The zero-order chi connectivity index (χ0) is 12.9. The van der Waals surface area contributed by atoms with Crippen molar-refractivity contribution in [1.82, 2.24) is 4.98 Å². The molecule has 0 aromatic carbocycles. The maximum atomic E-state index is 12.0. The van der Waals surface area contributed by atoms with Crippen molar-refractivity contribution < 1.29 is 13.2 Å². The highest BCUT2D eigenvalue weighted by Gasteiger charge is 2.21. The van der Waals surface area contributed by atoms with Crippen LogP contribution in [0.1, 0.15) is 19.0 Å². The Kier molecular flexibility index (Phi) is 4.89. The van der Waals surface area contributed by atoms with Gasteiger partial charge in [0.05, 0.1) is 23.8 Å². The van der Waals surface area contributed by atoms with Gasteiger partial charge in [0.1, 0.15) is 0 Å². The molecule has 1 heterocycles.